The molecule has 1 aliphatic rings. The molecule has 0 bridgehead atoms. The van der Waals surface area contributed by atoms with E-state index in [0.717, 1.165) is 30.0 Å². The van der Waals surface area contributed by atoms with Crippen LogP contribution in [-0.2, 0) is 12.8 Å². The molecule has 1 aromatic rings. The van der Waals surface area contributed by atoms with E-state index in [1.165, 1.54) is 17.3 Å². The summed E-state index contributed by atoms with van der Waals surface area (Å²) >= 11 is 1.45. The predicted octanol–water partition coefficient (Wildman–Crippen LogP) is 1.53. The monoisotopic (exact) mass is 220 g/mol. The molecule has 1 heterocycles. The van der Waals surface area contributed by atoms with E-state index in [1.807, 2.05) is 6.07 Å². The highest BCUT2D eigenvalue weighted by Gasteiger charge is 2.16. The molecule has 0 saturated carbocycles. The Morgan fingerprint density at radius 1 is 1.53 bits per heavy atom. The minimum atomic E-state index is 0.119. The number of aliphatic hydroxyl groups excluding tert-OH is 1. The van der Waals surface area contributed by atoms with Gasteiger partial charge in [-0.15, -0.1) is 11.8 Å². The van der Waals surface area contributed by atoms with Gasteiger partial charge >= 0.3 is 0 Å². The number of thioether (sulfide) groups is 1. The molecule has 3 nitrogen and oxygen atoms in total. The van der Waals surface area contributed by atoms with Crippen LogP contribution in [0.3, 0.4) is 0 Å². The zero-order chi connectivity index (χ0) is 10.7. The molecule has 15 heavy (non-hydrogen) atoms. The average Bonchev–Trinajstić information content (AvgIpc) is 2.71. The van der Waals surface area contributed by atoms with Crippen molar-refractivity contribution in [2.75, 3.05) is 12.4 Å². The van der Waals surface area contributed by atoms with E-state index >= 15 is 0 Å². The van der Waals surface area contributed by atoms with Gasteiger partial charge in [0.2, 0.25) is 0 Å². The Labute approximate surface area is 93.1 Å². The standard InChI is InChI=1S/C11H12N2OS/c12-7-9-6-8-2-1-3-10(8)13-11(9)15-5-4-14/h6,14H,1-5H2. The van der Waals surface area contributed by atoms with E-state index in [2.05, 4.69) is 11.1 Å². The molecule has 0 fully saturated rings. The van der Waals surface area contributed by atoms with Crippen LogP contribution in [0.4, 0.5) is 0 Å². The topological polar surface area (TPSA) is 56.9 Å². The predicted molar refractivity (Wildman–Crippen MR) is 58.8 cm³/mol. The maximum Gasteiger partial charge on any atom is 0.114 e. The second-order valence-electron chi connectivity index (χ2n) is 3.48. The van der Waals surface area contributed by atoms with E-state index in [-0.39, 0.29) is 6.61 Å². The van der Waals surface area contributed by atoms with Gasteiger partial charge in [-0.3, -0.25) is 0 Å². The third kappa shape index (κ3) is 2.14. The van der Waals surface area contributed by atoms with E-state index in [0.29, 0.717) is 11.3 Å². The number of nitriles is 1. The molecule has 1 N–H and O–H groups in total. The van der Waals surface area contributed by atoms with Gasteiger partial charge in [-0.05, 0) is 30.9 Å². The molecule has 0 radical (unpaired) electrons. The number of rotatable bonds is 3. The van der Waals surface area contributed by atoms with Crippen molar-refractivity contribution >= 4 is 11.8 Å². The number of hydrogen-bond donors (Lipinski definition) is 1. The van der Waals surface area contributed by atoms with Crippen LogP contribution in [0.5, 0.6) is 0 Å². The SMILES string of the molecule is N#Cc1cc2c(nc1SCCO)CCC2. The van der Waals surface area contributed by atoms with Gasteiger partial charge in [0, 0.05) is 11.4 Å². The van der Waals surface area contributed by atoms with Crippen LogP contribution in [0, 0.1) is 11.3 Å². The molecule has 0 saturated heterocycles. The van der Waals surface area contributed by atoms with Gasteiger partial charge in [0.1, 0.15) is 11.1 Å². The van der Waals surface area contributed by atoms with Crippen molar-refractivity contribution in [1.29, 1.82) is 5.26 Å². The first kappa shape index (κ1) is 10.5. The lowest BCUT2D eigenvalue weighted by Crippen LogP contribution is -1.96. The highest BCUT2D eigenvalue weighted by molar-refractivity contribution is 7.99. The lowest BCUT2D eigenvalue weighted by Gasteiger charge is -2.05. The Kier molecular flexibility index (Phi) is 3.24. The fourth-order valence-corrected chi connectivity index (χ4v) is 2.50. The Bertz CT molecular complexity index is 412. The highest BCUT2D eigenvalue weighted by Crippen LogP contribution is 2.27. The molecule has 0 unspecified atom stereocenters. The van der Waals surface area contributed by atoms with E-state index in [9.17, 15) is 0 Å². The molecular formula is C11H12N2OS. The van der Waals surface area contributed by atoms with Crippen molar-refractivity contribution in [3.8, 4) is 6.07 Å². The molecular weight excluding hydrogens is 208 g/mol. The number of nitrogens with zero attached hydrogens (tertiary/aromatic N) is 2. The van der Waals surface area contributed by atoms with E-state index < -0.39 is 0 Å². The molecule has 0 aliphatic heterocycles. The van der Waals surface area contributed by atoms with Crippen LogP contribution in [0.25, 0.3) is 0 Å². The second-order valence-corrected chi connectivity index (χ2v) is 4.57. The summed E-state index contributed by atoms with van der Waals surface area (Å²) in [4.78, 5) is 4.49. The van der Waals surface area contributed by atoms with Gasteiger partial charge in [0.05, 0.1) is 12.2 Å². The van der Waals surface area contributed by atoms with Crippen molar-refractivity contribution < 1.29 is 5.11 Å². The van der Waals surface area contributed by atoms with Crippen LogP contribution < -0.4 is 0 Å². The summed E-state index contributed by atoms with van der Waals surface area (Å²) in [5.41, 5.74) is 3.00. The maximum absolute atomic E-state index is 8.98. The summed E-state index contributed by atoms with van der Waals surface area (Å²) in [7, 11) is 0. The molecule has 2 rings (SSSR count). The summed E-state index contributed by atoms with van der Waals surface area (Å²) < 4.78 is 0. The van der Waals surface area contributed by atoms with E-state index in [1.54, 1.807) is 0 Å². The average molecular weight is 220 g/mol. The zero-order valence-corrected chi connectivity index (χ0v) is 9.18. The minimum Gasteiger partial charge on any atom is -0.396 e. The molecule has 4 heteroatoms. The largest absolute Gasteiger partial charge is 0.396 e. The molecule has 1 aliphatic carbocycles. The number of aromatic nitrogens is 1. The maximum atomic E-state index is 8.98. The van der Waals surface area contributed by atoms with Crippen molar-refractivity contribution in [3.63, 3.8) is 0 Å². The van der Waals surface area contributed by atoms with Gasteiger partial charge < -0.3 is 5.11 Å². The molecule has 78 valence electrons. The lowest BCUT2D eigenvalue weighted by molar-refractivity contribution is 0.322. The molecule has 0 spiro atoms. The Morgan fingerprint density at radius 2 is 2.40 bits per heavy atom. The molecule has 0 aromatic carbocycles. The first-order valence-corrected chi connectivity index (χ1v) is 6.00. The number of aliphatic hydroxyl groups is 1. The summed E-state index contributed by atoms with van der Waals surface area (Å²) in [5.74, 6) is 0.598. The van der Waals surface area contributed by atoms with Gasteiger partial charge in [-0.25, -0.2) is 4.98 Å². The first-order valence-electron chi connectivity index (χ1n) is 5.01. The van der Waals surface area contributed by atoms with E-state index in [4.69, 9.17) is 10.4 Å². The number of aryl methyl sites for hydroxylation is 2. The first-order chi connectivity index (χ1) is 7.35. The summed E-state index contributed by atoms with van der Waals surface area (Å²) in [5, 5.41) is 18.5. The highest BCUT2D eigenvalue weighted by atomic mass is 32.2. The van der Waals surface area contributed by atoms with Crippen molar-refractivity contribution in [3.05, 3.63) is 22.9 Å². The molecule has 0 amide bonds. The van der Waals surface area contributed by atoms with Gasteiger partial charge in [0.25, 0.3) is 0 Å². The Morgan fingerprint density at radius 3 is 3.13 bits per heavy atom. The lowest BCUT2D eigenvalue weighted by atomic mass is 10.2. The fraction of sp³-hybridized carbons (Fsp3) is 0.455. The third-order valence-electron chi connectivity index (χ3n) is 2.47. The second kappa shape index (κ2) is 4.65. The number of hydrogen-bond acceptors (Lipinski definition) is 4. The van der Waals surface area contributed by atoms with Gasteiger partial charge in [-0.1, -0.05) is 0 Å². The van der Waals surface area contributed by atoms with Crippen LogP contribution in [0.1, 0.15) is 23.2 Å². The smallest absolute Gasteiger partial charge is 0.114 e. The normalized spacial score (nSPS) is 13.6. The number of pyridine rings is 1. The van der Waals surface area contributed by atoms with Crippen molar-refractivity contribution in [1.82, 2.24) is 4.98 Å². The van der Waals surface area contributed by atoms with Crippen LogP contribution in [-0.4, -0.2) is 22.5 Å². The van der Waals surface area contributed by atoms with Crippen LogP contribution in [0.2, 0.25) is 0 Å². The van der Waals surface area contributed by atoms with Crippen molar-refractivity contribution in [2.24, 2.45) is 0 Å². The minimum absolute atomic E-state index is 0.119. The number of fused-ring (bicyclic) bond motifs is 1. The zero-order valence-electron chi connectivity index (χ0n) is 8.36. The molecule has 1 aromatic heterocycles. The van der Waals surface area contributed by atoms with Crippen LogP contribution >= 0.6 is 11.8 Å². The summed E-state index contributed by atoms with van der Waals surface area (Å²) in [6, 6.07) is 4.12. The van der Waals surface area contributed by atoms with Gasteiger partial charge in [-0.2, -0.15) is 5.26 Å². The fourth-order valence-electron chi connectivity index (χ4n) is 1.79. The summed E-state index contributed by atoms with van der Waals surface area (Å²) in [6.07, 6.45) is 3.21. The summed E-state index contributed by atoms with van der Waals surface area (Å²) in [6.45, 7) is 0.119. The third-order valence-corrected chi connectivity index (χ3v) is 3.44. The quantitative estimate of drug-likeness (QED) is 0.785. The van der Waals surface area contributed by atoms with Crippen molar-refractivity contribution in [2.45, 2.75) is 24.3 Å². The van der Waals surface area contributed by atoms with Gasteiger partial charge in [0.15, 0.2) is 0 Å². The molecule has 0 atom stereocenters. The van der Waals surface area contributed by atoms with Crippen LogP contribution in [0.15, 0.2) is 11.1 Å². The Balaban J connectivity index is 2.32. The Hall–Kier alpha value is -1.05.